The van der Waals surface area contributed by atoms with Gasteiger partial charge in [-0.2, -0.15) is 0 Å². The monoisotopic (exact) mass is 596 g/mol. The molecule has 1 aromatic heterocycles. The maximum atomic E-state index is 13.5. The van der Waals surface area contributed by atoms with Gasteiger partial charge in [0.2, 0.25) is 0 Å². The van der Waals surface area contributed by atoms with Gasteiger partial charge in [-0.15, -0.1) is 0 Å². The molecule has 2 heterocycles. The molecule has 1 saturated heterocycles. The van der Waals surface area contributed by atoms with Crippen LogP contribution in [0.3, 0.4) is 0 Å². The molecule has 1 aliphatic heterocycles. The maximum Gasteiger partial charge on any atom is 0.338 e. The Bertz CT molecular complexity index is 1720. The number of nitrogens with one attached hydrogen (secondary N) is 1. The van der Waals surface area contributed by atoms with Crippen LogP contribution in [-0.2, 0) is 32.2 Å². The first-order chi connectivity index (χ1) is 21.3. The first-order valence-corrected chi connectivity index (χ1v) is 14.8. The van der Waals surface area contributed by atoms with E-state index in [2.05, 4.69) is 4.98 Å². The van der Waals surface area contributed by atoms with E-state index in [9.17, 15) is 14.4 Å². The number of aryl methyl sites for hydroxylation is 2. The van der Waals surface area contributed by atoms with Gasteiger partial charge in [-0.25, -0.2) is 9.59 Å². The number of aromatic nitrogens is 2. The van der Waals surface area contributed by atoms with Gasteiger partial charge in [0.15, 0.2) is 5.60 Å². The normalized spacial score (nSPS) is 25.7. The van der Waals surface area contributed by atoms with Gasteiger partial charge in [0.05, 0.1) is 25.4 Å². The lowest BCUT2D eigenvalue weighted by Crippen LogP contribution is -2.55. The lowest BCUT2D eigenvalue weighted by Gasteiger charge is -2.40. The maximum absolute atomic E-state index is 13.5. The Morgan fingerprint density at radius 1 is 0.886 bits per heavy atom. The highest BCUT2D eigenvalue weighted by atomic mass is 16.6. The summed E-state index contributed by atoms with van der Waals surface area (Å²) in [5.74, 6) is -1.17. The second-order valence-electron chi connectivity index (χ2n) is 11.8. The number of esters is 1. The summed E-state index contributed by atoms with van der Waals surface area (Å²) in [6.07, 6.45) is -0.620. The Morgan fingerprint density at radius 3 is 2.18 bits per heavy atom. The van der Waals surface area contributed by atoms with Crippen molar-refractivity contribution in [2.75, 3.05) is 6.61 Å². The van der Waals surface area contributed by atoms with E-state index in [-0.39, 0.29) is 19.1 Å². The van der Waals surface area contributed by atoms with Crippen LogP contribution in [0.15, 0.2) is 101 Å². The Morgan fingerprint density at radius 2 is 1.52 bits per heavy atom. The predicted octanol–water partition coefficient (Wildman–Crippen LogP) is 4.71. The summed E-state index contributed by atoms with van der Waals surface area (Å²) in [6, 6.07) is 26.7. The van der Waals surface area contributed by atoms with Gasteiger partial charge in [0.25, 0.3) is 5.56 Å². The lowest BCUT2D eigenvalue weighted by atomic mass is 9.92. The fourth-order valence-electron chi connectivity index (χ4n) is 6.47. The summed E-state index contributed by atoms with van der Waals surface area (Å²) >= 11 is 0. The molecule has 1 saturated carbocycles. The quantitative estimate of drug-likeness (QED) is 0.264. The van der Waals surface area contributed by atoms with Crippen LogP contribution in [0.25, 0.3) is 0 Å². The Hall–Kier alpha value is -4.31. The molecule has 228 valence electrons. The van der Waals surface area contributed by atoms with Crippen LogP contribution in [0, 0.1) is 25.7 Å². The SMILES string of the molecule is Cc1ccc(C(=O)O[C@@H]2[C@@H](C)[C@@H]3[C@H](n4cc(C)c(=O)[nH]c4=O)O[C@@]2(COCc2ccccc2)[C@H]3OCc2ccccc2)cc1. The first-order valence-electron chi connectivity index (χ1n) is 14.8. The highest BCUT2D eigenvalue weighted by Crippen LogP contribution is 2.58. The van der Waals surface area contributed by atoms with Gasteiger partial charge in [-0.3, -0.25) is 14.3 Å². The minimum Gasteiger partial charge on any atom is -0.455 e. The van der Waals surface area contributed by atoms with Gasteiger partial charge in [-0.1, -0.05) is 85.3 Å². The Kier molecular flexibility index (Phi) is 8.35. The summed E-state index contributed by atoms with van der Waals surface area (Å²) in [5.41, 5.74) is 1.49. The highest BCUT2D eigenvalue weighted by Gasteiger charge is 2.71. The number of carbonyl (C=O) groups excluding carboxylic acids is 1. The molecule has 3 aromatic carbocycles. The molecule has 0 unspecified atom stereocenters. The van der Waals surface area contributed by atoms with Crippen molar-refractivity contribution in [3.63, 3.8) is 0 Å². The molecule has 2 aliphatic rings. The third-order valence-electron chi connectivity index (χ3n) is 8.72. The Labute approximate surface area is 255 Å². The van der Waals surface area contributed by atoms with Crippen LogP contribution >= 0.6 is 0 Å². The zero-order valence-electron chi connectivity index (χ0n) is 25.0. The molecule has 6 atom stereocenters. The number of ether oxygens (including phenoxy) is 4. The van der Waals surface area contributed by atoms with Gasteiger partial charge in [0.1, 0.15) is 18.4 Å². The van der Waals surface area contributed by atoms with E-state index in [0.717, 1.165) is 16.7 Å². The summed E-state index contributed by atoms with van der Waals surface area (Å²) < 4.78 is 27.4. The molecular formula is C35H36N2O7. The molecular weight excluding hydrogens is 560 g/mol. The molecule has 6 rings (SSSR count). The topological polar surface area (TPSA) is 109 Å². The van der Waals surface area contributed by atoms with E-state index in [4.69, 9.17) is 18.9 Å². The van der Waals surface area contributed by atoms with Crippen LogP contribution in [0.2, 0.25) is 0 Å². The summed E-state index contributed by atoms with van der Waals surface area (Å²) in [6.45, 7) is 6.20. The third kappa shape index (κ3) is 5.66. The number of benzene rings is 3. The number of hydrogen-bond acceptors (Lipinski definition) is 7. The van der Waals surface area contributed by atoms with E-state index in [0.29, 0.717) is 17.7 Å². The van der Waals surface area contributed by atoms with Gasteiger partial charge >= 0.3 is 11.7 Å². The van der Waals surface area contributed by atoms with Gasteiger partial charge in [-0.05, 0) is 37.1 Å². The molecule has 0 amide bonds. The fourth-order valence-corrected chi connectivity index (χ4v) is 6.47. The number of carbonyl (C=O) groups is 1. The first kappa shape index (κ1) is 29.7. The third-order valence-corrected chi connectivity index (χ3v) is 8.72. The molecule has 1 N–H and O–H groups in total. The van der Waals surface area contributed by atoms with Crippen LogP contribution in [0.1, 0.15) is 45.8 Å². The molecule has 1 aliphatic carbocycles. The standard InChI is InChI=1S/C35H36N2O7/c1-22-14-16-27(17-15-22)33(39)43-29-24(3)28-30(42-20-26-12-8-5-9-13-26)35(29,21-41-19-25-10-6-4-7-11-25)44-32(28)37-18-23(2)31(38)36-34(37)40/h4-18,24,28-30,32H,19-21H2,1-3H3,(H,36,38,40)/t24-,28-,29+,30-,32+,35+/m0/s1. The molecule has 44 heavy (non-hydrogen) atoms. The van der Waals surface area contributed by atoms with E-state index in [1.54, 1.807) is 19.1 Å². The number of hydrogen-bond donors (Lipinski definition) is 1. The second-order valence-corrected chi connectivity index (χ2v) is 11.8. The minimum atomic E-state index is -1.25. The average molecular weight is 597 g/mol. The van der Waals surface area contributed by atoms with Crippen molar-refractivity contribution in [1.29, 1.82) is 0 Å². The number of nitrogens with zero attached hydrogens (tertiary/aromatic N) is 1. The summed E-state index contributed by atoms with van der Waals surface area (Å²) in [4.78, 5) is 41.2. The largest absolute Gasteiger partial charge is 0.455 e. The summed E-state index contributed by atoms with van der Waals surface area (Å²) in [5, 5.41) is 0. The predicted molar refractivity (Wildman–Crippen MR) is 163 cm³/mol. The zero-order chi connectivity index (χ0) is 30.8. The zero-order valence-corrected chi connectivity index (χ0v) is 25.0. The number of aromatic amines is 1. The van der Waals surface area contributed by atoms with Crippen LogP contribution in [0.4, 0.5) is 0 Å². The molecule has 0 spiro atoms. The van der Waals surface area contributed by atoms with Crippen molar-refractivity contribution < 1.29 is 23.7 Å². The van der Waals surface area contributed by atoms with E-state index < -0.39 is 47.2 Å². The summed E-state index contributed by atoms with van der Waals surface area (Å²) in [7, 11) is 0. The molecule has 9 nitrogen and oxygen atoms in total. The fraction of sp³-hybridized carbons (Fsp3) is 0.343. The number of fused-ring (bicyclic) bond motifs is 2. The Balaban J connectivity index is 1.39. The number of rotatable bonds is 10. The van der Waals surface area contributed by atoms with E-state index in [1.165, 1.54) is 10.8 Å². The van der Waals surface area contributed by atoms with Crippen molar-refractivity contribution >= 4 is 5.97 Å². The van der Waals surface area contributed by atoms with Crippen LogP contribution in [0.5, 0.6) is 0 Å². The van der Waals surface area contributed by atoms with E-state index in [1.807, 2.05) is 86.6 Å². The number of H-pyrrole nitrogens is 1. The van der Waals surface area contributed by atoms with Crippen LogP contribution in [-0.4, -0.2) is 39.9 Å². The highest BCUT2D eigenvalue weighted by molar-refractivity contribution is 5.89. The second kappa shape index (κ2) is 12.4. The average Bonchev–Trinajstić information content (AvgIpc) is 3.45. The lowest BCUT2D eigenvalue weighted by molar-refractivity contribution is -0.217. The van der Waals surface area contributed by atoms with Gasteiger partial charge in [0, 0.05) is 23.6 Å². The van der Waals surface area contributed by atoms with Gasteiger partial charge < -0.3 is 18.9 Å². The van der Waals surface area contributed by atoms with Crippen molar-refractivity contribution in [3.8, 4) is 0 Å². The van der Waals surface area contributed by atoms with Crippen molar-refractivity contribution in [2.24, 2.45) is 11.8 Å². The van der Waals surface area contributed by atoms with Crippen LogP contribution < -0.4 is 11.2 Å². The molecule has 2 fully saturated rings. The van der Waals surface area contributed by atoms with Crippen molar-refractivity contribution in [3.05, 3.63) is 140 Å². The molecule has 9 heteroatoms. The van der Waals surface area contributed by atoms with E-state index >= 15 is 0 Å². The molecule has 0 radical (unpaired) electrons. The molecule has 4 aromatic rings. The molecule has 2 bridgehead atoms. The van der Waals surface area contributed by atoms with Crippen molar-refractivity contribution in [1.82, 2.24) is 9.55 Å². The minimum absolute atomic E-state index is 0.0433. The van der Waals surface area contributed by atoms with Crippen molar-refractivity contribution in [2.45, 2.75) is 58.0 Å². The smallest absolute Gasteiger partial charge is 0.338 e.